The summed E-state index contributed by atoms with van der Waals surface area (Å²) in [6, 6.07) is 0. The highest BCUT2D eigenvalue weighted by atomic mass is 28.3. The molecule has 0 spiro atoms. The van der Waals surface area contributed by atoms with Crippen molar-refractivity contribution in [2.24, 2.45) is 0 Å². The Kier molecular flexibility index (Phi) is 6.23. The van der Waals surface area contributed by atoms with Gasteiger partial charge in [-0.15, -0.1) is 12.3 Å². The predicted molar refractivity (Wildman–Crippen MR) is 48.7 cm³/mol. The largest absolute Gasteiger partial charge is 0.396 e. The molecule has 0 amide bonds. The second-order valence-electron chi connectivity index (χ2n) is 2.23. The van der Waals surface area contributed by atoms with E-state index in [9.17, 15) is 0 Å². The third-order valence-corrected chi connectivity index (χ3v) is 3.67. The molecule has 0 heterocycles. The highest BCUT2D eigenvalue weighted by Gasteiger charge is 2.18. The Hall–Kier alpha value is -0.303. The van der Waals surface area contributed by atoms with E-state index in [4.69, 9.17) is 15.3 Å². The molecule has 0 rings (SSSR count). The van der Waals surface area contributed by atoms with Crippen molar-refractivity contribution in [1.82, 2.24) is 0 Å². The molecule has 0 aromatic rings. The van der Waals surface area contributed by atoms with Crippen LogP contribution >= 0.6 is 0 Å². The van der Waals surface area contributed by atoms with Crippen LogP contribution in [0.5, 0.6) is 0 Å². The van der Waals surface area contributed by atoms with Crippen molar-refractivity contribution in [1.29, 1.82) is 0 Å². The summed E-state index contributed by atoms with van der Waals surface area (Å²) in [7, 11) is -1.56. The van der Waals surface area contributed by atoms with Gasteiger partial charge in [-0.3, -0.25) is 0 Å². The molecule has 0 fully saturated rings. The molecule has 0 aliphatic carbocycles. The van der Waals surface area contributed by atoms with Gasteiger partial charge >= 0.3 is 9.28 Å². The van der Waals surface area contributed by atoms with E-state index in [0.717, 1.165) is 0 Å². The summed E-state index contributed by atoms with van der Waals surface area (Å²) >= 11 is 0. The van der Waals surface area contributed by atoms with Crippen molar-refractivity contribution >= 4 is 9.28 Å². The van der Waals surface area contributed by atoms with E-state index >= 15 is 0 Å². The molecular formula is C8H16O2Si. The maximum absolute atomic E-state index is 5.41. The van der Waals surface area contributed by atoms with E-state index in [1.54, 1.807) is 0 Å². The highest BCUT2D eigenvalue weighted by molar-refractivity contribution is 6.47. The zero-order chi connectivity index (χ0) is 8.69. The summed E-state index contributed by atoms with van der Waals surface area (Å²) < 4.78 is 10.8. The molecule has 64 valence electrons. The minimum atomic E-state index is -1.56. The van der Waals surface area contributed by atoms with Crippen molar-refractivity contribution < 1.29 is 8.85 Å². The Morgan fingerprint density at radius 2 is 1.82 bits per heavy atom. The number of hydrogen-bond acceptors (Lipinski definition) is 2. The van der Waals surface area contributed by atoms with Crippen LogP contribution < -0.4 is 0 Å². The SMILES string of the molecule is C#CC(C)[SiH](OCC)OCC. The molecule has 2 nitrogen and oxygen atoms in total. The Morgan fingerprint density at radius 3 is 2.09 bits per heavy atom. The van der Waals surface area contributed by atoms with Gasteiger partial charge in [-0.05, 0) is 20.8 Å². The monoisotopic (exact) mass is 172 g/mol. The lowest BCUT2D eigenvalue weighted by Crippen LogP contribution is -2.26. The van der Waals surface area contributed by atoms with Crippen molar-refractivity contribution in [2.45, 2.75) is 26.3 Å². The summed E-state index contributed by atoms with van der Waals surface area (Å²) in [5, 5.41) is 0. The average Bonchev–Trinajstić information content (AvgIpc) is 2.03. The van der Waals surface area contributed by atoms with Crippen LogP contribution in [0.2, 0.25) is 5.54 Å². The Bertz CT molecular complexity index is 125. The minimum Gasteiger partial charge on any atom is -0.396 e. The van der Waals surface area contributed by atoms with Gasteiger partial charge in [-0.2, -0.15) is 0 Å². The maximum Gasteiger partial charge on any atom is 0.336 e. The minimum absolute atomic E-state index is 0.162. The van der Waals surface area contributed by atoms with Crippen LogP contribution in [0.15, 0.2) is 0 Å². The third-order valence-electron chi connectivity index (χ3n) is 1.33. The Labute approximate surface area is 70.7 Å². The lowest BCUT2D eigenvalue weighted by atomic mass is 10.5. The fourth-order valence-electron chi connectivity index (χ4n) is 0.744. The van der Waals surface area contributed by atoms with E-state index in [2.05, 4.69) is 5.92 Å². The van der Waals surface area contributed by atoms with Gasteiger partial charge < -0.3 is 8.85 Å². The van der Waals surface area contributed by atoms with Crippen LogP contribution in [0.1, 0.15) is 20.8 Å². The Morgan fingerprint density at radius 1 is 1.36 bits per heavy atom. The molecule has 0 radical (unpaired) electrons. The van der Waals surface area contributed by atoms with E-state index < -0.39 is 9.28 Å². The van der Waals surface area contributed by atoms with Crippen LogP contribution in [-0.4, -0.2) is 22.5 Å². The third kappa shape index (κ3) is 4.20. The van der Waals surface area contributed by atoms with Crippen molar-refractivity contribution in [2.75, 3.05) is 13.2 Å². The van der Waals surface area contributed by atoms with Crippen LogP contribution in [0.4, 0.5) is 0 Å². The van der Waals surface area contributed by atoms with E-state index in [-0.39, 0.29) is 5.54 Å². The second kappa shape index (κ2) is 6.41. The van der Waals surface area contributed by atoms with Crippen LogP contribution in [-0.2, 0) is 8.85 Å². The zero-order valence-corrected chi connectivity index (χ0v) is 8.62. The van der Waals surface area contributed by atoms with Gasteiger partial charge in [0.15, 0.2) is 0 Å². The van der Waals surface area contributed by atoms with E-state index in [1.165, 1.54) is 0 Å². The number of rotatable bonds is 5. The smallest absolute Gasteiger partial charge is 0.336 e. The number of hydrogen-bond donors (Lipinski definition) is 0. The lowest BCUT2D eigenvalue weighted by molar-refractivity contribution is 0.210. The quantitative estimate of drug-likeness (QED) is 0.460. The Balaban J connectivity index is 3.78. The summed E-state index contributed by atoms with van der Waals surface area (Å²) in [5.41, 5.74) is 0.162. The molecule has 1 unspecified atom stereocenters. The summed E-state index contributed by atoms with van der Waals surface area (Å²) in [4.78, 5) is 0. The summed E-state index contributed by atoms with van der Waals surface area (Å²) in [5.74, 6) is 2.65. The molecular weight excluding hydrogens is 156 g/mol. The zero-order valence-electron chi connectivity index (χ0n) is 7.46. The predicted octanol–water partition coefficient (Wildman–Crippen LogP) is 1.30. The molecule has 0 aromatic heterocycles. The fourth-order valence-corrected chi connectivity index (χ4v) is 2.23. The molecule has 0 N–H and O–H groups in total. The van der Waals surface area contributed by atoms with E-state index in [1.807, 2.05) is 20.8 Å². The van der Waals surface area contributed by atoms with Crippen molar-refractivity contribution in [3.05, 3.63) is 0 Å². The second-order valence-corrected chi connectivity index (χ2v) is 4.64. The maximum atomic E-state index is 5.41. The summed E-state index contributed by atoms with van der Waals surface area (Å²) in [6.45, 7) is 7.29. The first-order valence-corrected chi connectivity index (χ1v) is 5.56. The molecule has 0 aliphatic heterocycles. The van der Waals surface area contributed by atoms with Crippen molar-refractivity contribution in [3.8, 4) is 12.3 Å². The highest BCUT2D eigenvalue weighted by Crippen LogP contribution is 2.09. The standard InChI is InChI=1S/C8H16O2Si/c1-5-8(4)11(9-6-2)10-7-3/h1,8,11H,6-7H2,2-4H3. The first kappa shape index (κ1) is 10.7. The average molecular weight is 172 g/mol. The number of terminal acetylenes is 1. The van der Waals surface area contributed by atoms with Gasteiger partial charge in [0.25, 0.3) is 0 Å². The molecule has 3 heteroatoms. The molecule has 0 bridgehead atoms. The normalized spacial score (nSPS) is 13.0. The van der Waals surface area contributed by atoms with Gasteiger partial charge in [-0.1, -0.05) is 0 Å². The van der Waals surface area contributed by atoms with E-state index in [0.29, 0.717) is 13.2 Å². The summed E-state index contributed by atoms with van der Waals surface area (Å²) in [6.07, 6.45) is 5.26. The lowest BCUT2D eigenvalue weighted by Gasteiger charge is -2.16. The molecule has 0 saturated heterocycles. The van der Waals surface area contributed by atoms with Crippen LogP contribution in [0.3, 0.4) is 0 Å². The fraction of sp³-hybridized carbons (Fsp3) is 0.750. The van der Waals surface area contributed by atoms with Gasteiger partial charge in [0.05, 0.1) is 5.54 Å². The van der Waals surface area contributed by atoms with Crippen LogP contribution in [0, 0.1) is 12.3 Å². The van der Waals surface area contributed by atoms with Gasteiger partial charge in [0.2, 0.25) is 0 Å². The van der Waals surface area contributed by atoms with Gasteiger partial charge in [0.1, 0.15) is 0 Å². The molecule has 11 heavy (non-hydrogen) atoms. The molecule has 0 saturated carbocycles. The molecule has 0 aliphatic rings. The first-order chi connectivity index (χ1) is 5.26. The topological polar surface area (TPSA) is 18.5 Å². The van der Waals surface area contributed by atoms with Crippen LogP contribution in [0.25, 0.3) is 0 Å². The van der Waals surface area contributed by atoms with Gasteiger partial charge in [-0.25, -0.2) is 0 Å². The molecule has 0 aromatic carbocycles. The molecule has 1 atom stereocenters. The van der Waals surface area contributed by atoms with Crippen molar-refractivity contribution in [3.63, 3.8) is 0 Å². The van der Waals surface area contributed by atoms with Gasteiger partial charge in [0, 0.05) is 13.2 Å². The first-order valence-electron chi connectivity index (χ1n) is 3.95.